The summed E-state index contributed by atoms with van der Waals surface area (Å²) >= 11 is 0. The van der Waals surface area contributed by atoms with Crippen molar-refractivity contribution in [3.05, 3.63) is 72.8 Å². The van der Waals surface area contributed by atoms with Gasteiger partial charge in [0, 0.05) is 18.8 Å². The van der Waals surface area contributed by atoms with Crippen molar-refractivity contribution >= 4 is 17.4 Å². The Kier molecular flexibility index (Phi) is 5.45. The molecule has 2 amide bonds. The highest BCUT2D eigenvalue weighted by atomic mass is 19.1. The number of nitrogen functional groups attached to an aromatic ring is 1. The van der Waals surface area contributed by atoms with Gasteiger partial charge in [-0.15, -0.1) is 0 Å². The fourth-order valence-corrected chi connectivity index (χ4v) is 3.06. The summed E-state index contributed by atoms with van der Waals surface area (Å²) in [5.74, 6) is -0.291. The molecule has 1 aliphatic heterocycles. The van der Waals surface area contributed by atoms with Crippen LogP contribution in [0.25, 0.3) is 11.1 Å². The van der Waals surface area contributed by atoms with Gasteiger partial charge in [0.25, 0.3) is 0 Å². The number of hydrogen-bond acceptors (Lipinski definition) is 3. The van der Waals surface area contributed by atoms with Crippen LogP contribution in [0.1, 0.15) is 6.92 Å². The molecular weight excluding hydrogens is 343 g/mol. The summed E-state index contributed by atoms with van der Waals surface area (Å²) in [5.41, 5.74) is 9.78. The molecule has 0 aromatic heterocycles. The third-order valence-corrected chi connectivity index (χ3v) is 4.65. The molecule has 0 spiro atoms. The van der Waals surface area contributed by atoms with Crippen molar-refractivity contribution in [2.75, 3.05) is 30.7 Å². The molecule has 3 rings (SSSR count). The van der Waals surface area contributed by atoms with Crippen LogP contribution in [-0.2, 0) is 0 Å². The van der Waals surface area contributed by atoms with Gasteiger partial charge in [-0.25, -0.2) is 9.18 Å². The van der Waals surface area contributed by atoms with E-state index in [0.717, 1.165) is 16.8 Å². The Morgan fingerprint density at radius 2 is 1.89 bits per heavy atom. The van der Waals surface area contributed by atoms with Crippen LogP contribution in [0.3, 0.4) is 0 Å². The van der Waals surface area contributed by atoms with Crippen LogP contribution >= 0.6 is 0 Å². The molecule has 27 heavy (non-hydrogen) atoms. The monoisotopic (exact) mass is 366 g/mol. The van der Waals surface area contributed by atoms with E-state index in [-0.39, 0.29) is 11.8 Å². The third-order valence-electron chi connectivity index (χ3n) is 4.65. The Morgan fingerprint density at radius 1 is 1.19 bits per heavy atom. The topological polar surface area (TPSA) is 61.6 Å². The largest absolute Gasteiger partial charge is 0.397 e. The second-order valence-corrected chi connectivity index (χ2v) is 6.32. The van der Waals surface area contributed by atoms with E-state index in [1.54, 1.807) is 35.4 Å². The number of hydrogen-bond donors (Lipinski definition) is 2. The van der Waals surface area contributed by atoms with E-state index in [0.29, 0.717) is 31.0 Å². The van der Waals surface area contributed by atoms with Gasteiger partial charge in [-0.2, -0.15) is 0 Å². The molecular formula is C21H23FN4O. The Morgan fingerprint density at radius 3 is 2.56 bits per heavy atom. The number of benzene rings is 2. The maximum Gasteiger partial charge on any atom is 0.322 e. The van der Waals surface area contributed by atoms with Crippen molar-refractivity contribution in [1.29, 1.82) is 0 Å². The van der Waals surface area contributed by atoms with E-state index in [9.17, 15) is 9.18 Å². The molecule has 0 aliphatic carbocycles. The number of nitrogens with two attached hydrogens (primary N) is 1. The Bertz CT molecular complexity index is 876. The number of allylic oxidation sites excluding steroid dienone is 1. The number of nitrogens with one attached hydrogen (secondary N) is 1. The highest BCUT2D eigenvalue weighted by Gasteiger charge is 2.23. The Labute approximate surface area is 158 Å². The lowest BCUT2D eigenvalue weighted by Crippen LogP contribution is -2.47. The summed E-state index contributed by atoms with van der Waals surface area (Å²) in [4.78, 5) is 16.5. The van der Waals surface area contributed by atoms with E-state index >= 15 is 0 Å². The number of halogens is 1. The minimum absolute atomic E-state index is 0.207. The van der Waals surface area contributed by atoms with Gasteiger partial charge in [0.15, 0.2) is 0 Å². The number of rotatable bonds is 3. The molecule has 2 aromatic carbocycles. The van der Waals surface area contributed by atoms with Gasteiger partial charge < -0.3 is 20.9 Å². The maximum absolute atomic E-state index is 13.1. The van der Waals surface area contributed by atoms with Gasteiger partial charge in [-0.05, 0) is 48.5 Å². The van der Waals surface area contributed by atoms with Crippen LogP contribution in [0.2, 0.25) is 0 Å². The molecule has 0 unspecified atom stereocenters. The van der Waals surface area contributed by atoms with Gasteiger partial charge in [0.1, 0.15) is 5.82 Å². The molecule has 1 saturated heterocycles. The fourth-order valence-electron chi connectivity index (χ4n) is 3.06. The lowest BCUT2D eigenvalue weighted by Gasteiger charge is -2.36. The normalized spacial score (nSPS) is 15.7. The summed E-state index contributed by atoms with van der Waals surface area (Å²) in [6, 6.07) is 11.4. The molecule has 2 aromatic rings. The highest BCUT2D eigenvalue weighted by molar-refractivity contribution is 5.94. The van der Waals surface area contributed by atoms with E-state index in [2.05, 4.69) is 11.9 Å². The van der Waals surface area contributed by atoms with Crippen LogP contribution in [0.4, 0.5) is 20.6 Å². The van der Waals surface area contributed by atoms with Crippen LogP contribution in [-0.4, -0.2) is 35.5 Å². The third kappa shape index (κ3) is 4.11. The first-order valence-corrected chi connectivity index (χ1v) is 8.77. The summed E-state index contributed by atoms with van der Waals surface area (Å²) in [6.45, 7) is 7.54. The molecule has 1 fully saturated rings. The quantitative estimate of drug-likeness (QED) is 0.798. The fraction of sp³-hybridized carbons (Fsp3) is 0.190. The summed E-state index contributed by atoms with van der Waals surface area (Å²) in [6.07, 6.45) is 3.75. The molecule has 0 saturated carbocycles. The molecule has 140 valence electrons. The standard InChI is InChI=1S/C21H23FN4O/c1-3-18-14-26(12-11-25(18)4-2)21(27)24-20-13-16(7-10-19(20)23)15-5-8-17(22)9-6-15/h3-10,13H,2,11-12,14,23H2,1H3,(H,24,27)/b18-3-. The second kappa shape index (κ2) is 7.95. The SMILES string of the molecule is C=CN1CCN(C(=O)Nc2cc(-c3ccc(F)cc3)ccc2N)C/C1=C/C. The lowest BCUT2D eigenvalue weighted by molar-refractivity contribution is 0.194. The molecule has 5 nitrogen and oxygen atoms in total. The molecule has 3 N–H and O–H groups in total. The zero-order chi connectivity index (χ0) is 19.4. The zero-order valence-electron chi connectivity index (χ0n) is 15.3. The number of urea groups is 1. The van der Waals surface area contributed by atoms with Crippen LogP contribution in [0.5, 0.6) is 0 Å². The highest BCUT2D eigenvalue weighted by Crippen LogP contribution is 2.28. The molecule has 0 bridgehead atoms. The van der Waals surface area contributed by atoms with E-state index in [1.165, 1.54) is 12.1 Å². The average molecular weight is 366 g/mol. The van der Waals surface area contributed by atoms with Crippen molar-refractivity contribution in [2.24, 2.45) is 0 Å². The molecule has 1 aliphatic rings. The van der Waals surface area contributed by atoms with Gasteiger partial charge in [-0.3, -0.25) is 0 Å². The molecule has 6 heteroatoms. The number of piperazine rings is 1. The van der Waals surface area contributed by atoms with E-state index in [1.807, 2.05) is 24.0 Å². The molecule has 0 atom stereocenters. The van der Waals surface area contributed by atoms with Gasteiger partial charge in [0.2, 0.25) is 0 Å². The average Bonchev–Trinajstić information content (AvgIpc) is 2.69. The Balaban J connectivity index is 1.77. The summed E-state index contributed by atoms with van der Waals surface area (Å²) < 4.78 is 13.1. The van der Waals surface area contributed by atoms with Crippen LogP contribution in [0, 0.1) is 5.82 Å². The first-order valence-electron chi connectivity index (χ1n) is 8.77. The summed E-state index contributed by atoms with van der Waals surface area (Å²) in [7, 11) is 0. The predicted octanol–water partition coefficient (Wildman–Crippen LogP) is 4.27. The first-order chi connectivity index (χ1) is 13.0. The maximum atomic E-state index is 13.1. The van der Waals surface area contributed by atoms with Crippen LogP contribution < -0.4 is 11.1 Å². The number of nitrogens with zero attached hydrogens (tertiary/aromatic N) is 2. The first kappa shape index (κ1) is 18.5. The predicted molar refractivity (Wildman–Crippen MR) is 108 cm³/mol. The van der Waals surface area contributed by atoms with Crippen molar-refractivity contribution in [3.8, 4) is 11.1 Å². The van der Waals surface area contributed by atoms with Crippen molar-refractivity contribution < 1.29 is 9.18 Å². The number of carbonyl (C=O) groups excluding carboxylic acids is 1. The number of amides is 2. The van der Waals surface area contributed by atoms with Gasteiger partial charge >= 0.3 is 6.03 Å². The lowest BCUT2D eigenvalue weighted by atomic mass is 10.0. The van der Waals surface area contributed by atoms with Crippen LogP contribution in [0.15, 0.2) is 67.0 Å². The van der Waals surface area contributed by atoms with Gasteiger partial charge in [0.05, 0.1) is 17.9 Å². The van der Waals surface area contributed by atoms with E-state index < -0.39 is 0 Å². The minimum atomic E-state index is -0.291. The van der Waals surface area contributed by atoms with Gasteiger partial charge in [-0.1, -0.05) is 30.9 Å². The Hall–Kier alpha value is -3.28. The number of carbonyl (C=O) groups is 1. The van der Waals surface area contributed by atoms with Crippen molar-refractivity contribution in [2.45, 2.75) is 6.92 Å². The minimum Gasteiger partial charge on any atom is -0.397 e. The number of anilines is 2. The summed E-state index contributed by atoms with van der Waals surface area (Å²) in [5, 5.41) is 2.90. The van der Waals surface area contributed by atoms with E-state index in [4.69, 9.17) is 5.73 Å². The molecule has 0 radical (unpaired) electrons. The zero-order valence-corrected chi connectivity index (χ0v) is 15.3. The smallest absolute Gasteiger partial charge is 0.322 e. The molecule has 1 heterocycles. The van der Waals surface area contributed by atoms with Crippen molar-refractivity contribution in [1.82, 2.24) is 9.80 Å². The second-order valence-electron chi connectivity index (χ2n) is 6.32. The van der Waals surface area contributed by atoms with Crippen molar-refractivity contribution in [3.63, 3.8) is 0 Å².